The number of halogens is 2. The van der Waals surface area contributed by atoms with Crippen molar-refractivity contribution in [3.05, 3.63) is 86.9 Å². The molecule has 0 aliphatic heterocycles. The number of carbonyl (C=O) groups excluding carboxylic acids is 2. The number of amides is 3. The Balaban J connectivity index is 1.55. The largest absolute Gasteiger partial charge is 0.366 e. The van der Waals surface area contributed by atoms with Crippen LogP contribution in [0.4, 0.5) is 14.9 Å². The highest BCUT2D eigenvalue weighted by molar-refractivity contribution is 7.92. The summed E-state index contributed by atoms with van der Waals surface area (Å²) in [4.78, 5) is 36.3. The monoisotopic (exact) mass is 520 g/mol. The Morgan fingerprint density at radius 3 is 2.38 bits per heavy atom. The van der Waals surface area contributed by atoms with E-state index >= 15 is 0 Å². The number of nitrogens with one attached hydrogen (secondary N) is 2. The van der Waals surface area contributed by atoms with Gasteiger partial charge < -0.3 is 11.1 Å². The van der Waals surface area contributed by atoms with Crippen LogP contribution in [-0.4, -0.2) is 24.9 Å². The number of sulfonamides is 1. The smallest absolute Gasteiger partial charge is 0.333 e. The standard InChI is InChI=1S/C21H14ClFN4O5S2/c22-17-5-6-18(33-17)34(31,32)26-21(30)25-12-1-3-13(4-2-12)27-8-7-11-9-15(19(24)28)16(23)10-14(11)20(27)29/h1-10H,(H2,24,28)(H2,25,26,30). The minimum Gasteiger partial charge on any atom is -0.366 e. The second-order valence-electron chi connectivity index (χ2n) is 6.94. The molecule has 174 valence electrons. The molecule has 0 atom stereocenters. The average molecular weight is 521 g/mol. The number of aromatic nitrogens is 1. The van der Waals surface area contributed by atoms with Crippen molar-refractivity contribution in [2.24, 2.45) is 5.73 Å². The Hall–Kier alpha value is -3.74. The second kappa shape index (κ2) is 8.89. The molecule has 0 radical (unpaired) electrons. The first-order valence-corrected chi connectivity index (χ1v) is 12.1. The number of fused-ring (bicyclic) bond motifs is 1. The molecule has 13 heteroatoms. The van der Waals surface area contributed by atoms with E-state index in [2.05, 4.69) is 5.32 Å². The number of nitrogens with two attached hydrogens (primary N) is 1. The fourth-order valence-corrected chi connectivity index (χ4v) is 5.52. The number of pyridine rings is 1. The Morgan fingerprint density at radius 1 is 1.06 bits per heavy atom. The van der Waals surface area contributed by atoms with E-state index in [1.807, 2.05) is 4.72 Å². The fourth-order valence-electron chi connectivity index (χ4n) is 3.13. The van der Waals surface area contributed by atoms with Gasteiger partial charge in [0, 0.05) is 17.6 Å². The lowest BCUT2D eigenvalue weighted by atomic mass is 10.1. The van der Waals surface area contributed by atoms with Gasteiger partial charge in [-0.05, 0) is 60.0 Å². The Labute approximate surface area is 200 Å². The van der Waals surface area contributed by atoms with Crippen LogP contribution < -0.4 is 21.3 Å². The van der Waals surface area contributed by atoms with Gasteiger partial charge in [-0.1, -0.05) is 11.6 Å². The second-order valence-corrected chi connectivity index (χ2v) is 10.6. The van der Waals surface area contributed by atoms with Crippen molar-refractivity contribution in [3.8, 4) is 5.69 Å². The van der Waals surface area contributed by atoms with Gasteiger partial charge in [0.25, 0.3) is 21.5 Å². The first-order chi connectivity index (χ1) is 16.0. The predicted octanol–water partition coefficient (Wildman–Crippen LogP) is 3.45. The van der Waals surface area contributed by atoms with Crippen LogP contribution >= 0.6 is 22.9 Å². The molecule has 4 N–H and O–H groups in total. The molecule has 0 fully saturated rings. The molecule has 0 aliphatic carbocycles. The number of anilines is 1. The van der Waals surface area contributed by atoms with Crippen LogP contribution in [0.25, 0.3) is 16.5 Å². The van der Waals surface area contributed by atoms with E-state index in [1.54, 1.807) is 0 Å². The number of rotatable bonds is 5. The maximum Gasteiger partial charge on any atom is 0.333 e. The highest BCUT2D eigenvalue weighted by atomic mass is 35.5. The minimum absolute atomic E-state index is 0.0467. The SMILES string of the molecule is NC(=O)c1cc2ccn(-c3ccc(NC(=O)NS(=O)(=O)c4ccc(Cl)s4)cc3)c(=O)c2cc1F. The minimum atomic E-state index is -4.08. The van der Waals surface area contributed by atoms with E-state index in [1.165, 1.54) is 59.3 Å². The van der Waals surface area contributed by atoms with Crippen LogP contribution in [0.3, 0.4) is 0 Å². The van der Waals surface area contributed by atoms with Crippen LogP contribution in [0.1, 0.15) is 10.4 Å². The Morgan fingerprint density at radius 2 is 1.76 bits per heavy atom. The van der Waals surface area contributed by atoms with Crippen molar-refractivity contribution < 1.29 is 22.4 Å². The number of hydrogen-bond acceptors (Lipinski definition) is 6. The number of nitrogens with zero attached hydrogens (tertiary/aromatic N) is 1. The van der Waals surface area contributed by atoms with Gasteiger partial charge in [-0.25, -0.2) is 22.3 Å². The normalized spacial score (nSPS) is 11.4. The summed E-state index contributed by atoms with van der Waals surface area (Å²) in [5, 5.41) is 2.78. The third-order valence-corrected chi connectivity index (χ3v) is 7.75. The maximum atomic E-state index is 14.1. The molecule has 0 saturated carbocycles. The molecule has 0 bridgehead atoms. The van der Waals surface area contributed by atoms with Crippen molar-refractivity contribution in [2.45, 2.75) is 4.21 Å². The third kappa shape index (κ3) is 4.64. The summed E-state index contributed by atoms with van der Waals surface area (Å²) < 4.78 is 41.8. The summed E-state index contributed by atoms with van der Waals surface area (Å²) in [5.41, 5.74) is 4.95. The van der Waals surface area contributed by atoms with Gasteiger partial charge in [-0.15, -0.1) is 11.3 Å². The van der Waals surface area contributed by atoms with Crippen LogP contribution in [0.15, 0.2) is 69.8 Å². The van der Waals surface area contributed by atoms with E-state index in [4.69, 9.17) is 17.3 Å². The molecular weight excluding hydrogens is 507 g/mol. The van der Waals surface area contributed by atoms with Crippen LogP contribution in [0.2, 0.25) is 4.34 Å². The lowest BCUT2D eigenvalue weighted by Crippen LogP contribution is -2.33. The zero-order valence-corrected chi connectivity index (χ0v) is 19.3. The molecule has 3 amide bonds. The highest BCUT2D eigenvalue weighted by Gasteiger charge is 2.20. The van der Waals surface area contributed by atoms with E-state index < -0.39 is 33.3 Å². The molecule has 2 aromatic heterocycles. The average Bonchev–Trinajstić information content (AvgIpc) is 3.22. The third-order valence-electron chi connectivity index (χ3n) is 4.70. The number of benzene rings is 2. The van der Waals surface area contributed by atoms with Gasteiger partial charge in [0.2, 0.25) is 0 Å². The quantitative estimate of drug-likeness (QED) is 0.369. The van der Waals surface area contributed by atoms with Gasteiger partial charge >= 0.3 is 6.03 Å². The molecule has 4 aromatic rings. The number of hydrogen-bond donors (Lipinski definition) is 3. The summed E-state index contributed by atoms with van der Waals surface area (Å²) in [6.07, 6.45) is 1.45. The zero-order chi connectivity index (χ0) is 24.6. The molecular formula is C21H14ClFN4O5S2. The van der Waals surface area contributed by atoms with Gasteiger partial charge in [-0.3, -0.25) is 14.2 Å². The van der Waals surface area contributed by atoms with Crippen LogP contribution in [0.5, 0.6) is 0 Å². The summed E-state index contributed by atoms with van der Waals surface area (Å²) in [5.74, 6) is -1.84. The molecule has 2 heterocycles. The molecule has 4 rings (SSSR count). The molecule has 0 aliphatic rings. The lowest BCUT2D eigenvalue weighted by Gasteiger charge is -2.11. The van der Waals surface area contributed by atoms with Crippen molar-refractivity contribution in [1.82, 2.24) is 9.29 Å². The van der Waals surface area contributed by atoms with E-state index in [0.29, 0.717) is 11.1 Å². The summed E-state index contributed by atoms with van der Waals surface area (Å²) in [6.45, 7) is 0. The topological polar surface area (TPSA) is 140 Å². The van der Waals surface area contributed by atoms with Gasteiger partial charge in [-0.2, -0.15) is 0 Å². The summed E-state index contributed by atoms with van der Waals surface area (Å²) in [6, 6.07) is 11.3. The molecule has 2 aromatic carbocycles. The van der Waals surface area contributed by atoms with Gasteiger partial charge in [0.15, 0.2) is 0 Å². The first-order valence-electron chi connectivity index (χ1n) is 9.39. The molecule has 0 saturated heterocycles. The van der Waals surface area contributed by atoms with E-state index in [-0.39, 0.29) is 25.2 Å². The number of primary amides is 1. The summed E-state index contributed by atoms with van der Waals surface area (Å²) in [7, 11) is -4.08. The number of carbonyl (C=O) groups is 2. The fraction of sp³-hybridized carbons (Fsp3) is 0. The van der Waals surface area contributed by atoms with E-state index in [0.717, 1.165) is 17.4 Å². The zero-order valence-electron chi connectivity index (χ0n) is 16.9. The first kappa shape index (κ1) is 23.4. The number of thiophene rings is 1. The van der Waals surface area contributed by atoms with E-state index in [9.17, 15) is 27.2 Å². The number of urea groups is 1. The van der Waals surface area contributed by atoms with Crippen molar-refractivity contribution >= 4 is 61.4 Å². The molecule has 34 heavy (non-hydrogen) atoms. The Kier molecular flexibility index (Phi) is 6.13. The van der Waals surface area contributed by atoms with Gasteiger partial charge in [0.05, 0.1) is 15.3 Å². The predicted molar refractivity (Wildman–Crippen MR) is 127 cm³/mol. The summed E-state index contributed by atoms with van der Waals surface area (Å²) >= 11 is 6.54. The lowest BCUT2D eigenvalue weighted by molar-refractivity contribution is 0.0996. The van der Waals surface area contributed by atoms with Crippen LogP contribution in [-0.2, 0) is 10.0 Å². The Bertz CT molecular complexity index is 1610. The van der Waals surface area contributed by atoms with Crippen molar-refractivity contribution in [3.63, 3.8) is 0 Å². The maximum absolute atomic E-state index is 14.1. The highest BCUT2D eigenvalue weighted by Crippen LogP contribution is 2.25. The van der Waals surface area contributed by atoms with Crippen LogP contribution in [0, 0.1) is 5.82 Å². The molecule has 9 nitrogen and oxygen atoms in total. The molecule has 0 spiro atoms. The molecule has 0 unspecified atom stereocenters. The van der Waals surface area contributed by atoms with Crippen molar-refractivity contribution in [2.75, 3.05) is 5.32 Å². The van der Waals surface area contributed by atoms with Crippen molar-refractivity contribution in [1.29, 1.82) is 0 Å². The van der Waals surface area contributed by atoms with Gasteiger partial charge in [0.1, 0.15) is 10.0 Å².